The minimum atomic E-state index is -0.237. The van der Waals surface area contributed by atoms with E-state index < -0.39 is 0 Å². The first-order valence-corrected chi connectivity index (χ1v) is 6.55. The van der Waals surface area contributed by atoms with Gasteiger partial charge in [0.25, 0.3) is 0 Å². The van der Waals surface area contributed by atoms with Gasteiger partial charge in [-0.15, -0.1) is 0 Å². The van der Waals surface area contributed by atoms with Crippen molar-refractivity contribution in [3.05, 3.63) is 35.6 Å². The molecule has 4 heteroatoms. The molecule has 1 rings (SSSR count). The predicted octanol–water partition coefficient (Wildman–Crippen LogP) is 2.92. The molecule has 0 aromatic heterocycles. The molecule has 0 saturated carbocycles. The maximum absolute atomic E-state index is 13.2. The normalized spacial score (nSPS) is 13.5. The van der Waals surface area contributed by atoms with Gasteiger partial charge in [0, 0.05) is 13.7 Å². The molecule has 0 fully saturated rings. The molecule has 0 saturated heterocycles. The molecule has 1 aromatic rings. The Morgan fingerprint density at radius 3 is 2.68 bits per heavy atom. The molecule has 1 atom stereocenters. The number of hydrogen-bond donors (Lipinski definition) is 1. The van der Waals surface area contributed by atoms with E-state index in [1.54, 1.807) is 13.2 Å². The summed E-state index contributed by atoms with van der Waals surface area (Å²) in [5.74, 6) is -0.237. The summed E-state index contributed by atoms with van der Waals surface area (Å²) in [5, 5.41) is 3.07. The third kappa shape index (κ3) is 5.68. The minimum absolute atomic E-state index is 0.145. The summed E-state index contributed by atoms with van der Waals surface area (Å²) >= 11 is 0. The molecule has 108 valence electrons. The fourth-order valence-electron chi connectivity index (χ4n) is 1.71. The average molecular weight is 269 g/mol. The van der Waals surface area contributed by atoms with Crippen molar-refractivity contribution in [3.8, 4) is 0 Å². The van der Waals surface area contributed by atoms with Gasteiger partial charge in [-0.3, -0.25) is 0 Å². The van der Waals surface area contributed by atoms with E-state index in [0.29, 0.717) is 13.2 Å². The average Bonchev–Trinajstić information content (AvgIpc) is 2.37. The number of benzene rings is 1. The molecule has 0 radical (unpaired) electrons. The van der Waals surface area contributed by atoms with Crippen LogP contribution < -0.4 is 5.32 Å². The lowest BCUT2D eigenvalue weighted by atomic mass is 10.1. The van der Waals surface area contributed by atoms with Gasteiger partial charge in [-0.05, 0) is 45.0 Å². The largest absolute Gasteiger partial charge is 0.379 e. The zero-order chi connectivity index (χ0) is 14.3. The second-order valence-corrected chi connectivity index (χ2v) is 5.19. The maximum atomic E-state index is 13.2. The Morgan fingerprint density at radius 1 is 1.37 bits per heavy atom. The Bertz CT molecular complexity index is 382. The van der Waals surface area contributed by atoms with Gasteiger partial charge in [0.05, 0.1) is 18.3 Å². The molecule has 0 aliphatic rings. The molecule has 0 amide bonds. The van der Waals surface area contributed by atoms with Crippen molar-refractivity contribution < 1.29 is 13.9 Å². The lowest BCUT2D eigenvalue weighted by Crippen LogP contribution is -2.26. The Balaban J connectivity index is 2.58. The second-order valence-electron chi connectivity index (χ2n) is 5.19. The highest BCUT2D eigenvalue weighted by molar-refractivity contribution is 5.19. The van der Waals surface area contributed by atoms with Gasteiger partial charge in [-0.25, -0.2) is 4.39 Å². The van der Waals surface area contributed by atoms with E-state index in [-0.39, 0.29) is 17.5 Å². The number of nitrogens with one attached hydrogen (secondary N) is 1. The second kappa shape index (κ2) is 7.58. The van der Waals surface area contributed by atoms with Crippen LogP contribution in [0.2, 0.25) is 0 Å². The van der Waals surface area contributed by atoms with Gasteiger partial charge in [0.2, 0.25) is 0 Å². The number of methoxy groups -OCH3 is 1. The molecule has 19 heavy (non-hydrogen) atoms. The highest BCUT2D eigenvalue weighted by atomic mass is 19.1. The first-order valence-electron chi connectivity index (χ1n) is 6.55. The monoisotopic (exact) mass is 269 g/mol. The van der Waals surface area contributed by atoms with Gasteiger partial charge < -0.3 is 14.8 Å². The zero-order valence-corrected chi connectivity index (χ0v) is 12.2. The van der Waals surface area contributed by atoms with Gasteiger partial charge in [-0.1, -0.05) is 12.1 Å². The Kier molecular flexibility index (Phi) is 6.42. The van der Waals surface area contributed by atoms with Gasteiger partial charge in [0.1, 0.15) is 5.82 Å². The summed E-state index contributed by atoms with van der Waals surface area (Å²) in [6.07, 6.45) is 0.646. The Labute approximate surface area is 115 Å². The first-order chi connectivity index (χ1) is 8.98. The van der Waals surface area contributed by atoms with E-state index in [4.69, 9.17) is 9.47 Å². The van der Waals surface area contributed by atoms with Gasteiger partial charge in [0.15, 0.2) is 0 Å². The molecule has 1 aromatic carbocycles. The highest BCUT2D eigenvalue weighted by Crippen LogP contribution is 2.20. The van der Waals surface area contributed by atoms with Crippen LogP contribution in [-0.2, 0) is 9.47 Å². The van der Waals surface area contributed by atoms with E-state index >= 15 is 0 Å². The summed E-state index contributed by atoms with van der Waals surface area (Å²) in [5.41, 5.74) is 0.649. The van der Waals surface area contributed by atoms with Crippen molar-refractivity contribution in [2.75, 3.05) is 27.3 Å². The third-order valence-corrected chi connectivity index (χ3v) is 3.19. The molecular weight excluding hydrogens is 245 g/mol. The van der Waals surface area contributed by atoms with Crippen molar-refractivity contribution in [3.63, 3.8) is 0 Å². The lowest BCUT2D eigenvalue weighted by molar-refractivity contribution is -0.0269. The molecular formula is C15H24FNO2. The van der Waals surface area contributed by atoms with Crippen molar-refractivity contribution in [2.45, 2.75) is 32.0 Å². The SMILES string of the molecule is CNCC(OCCC(C)(C)OC)c1cccc(F)c1. The first kappa shape index (κ1) is 16.1. The minimum Gasteiger partial charge on any atom is -0.379 e. The highest BCUT2D eigenvalue weighted by Gasteiger charge is 2.18. The van der Waals surface area contributed by atoms with Crippen LogP contribution in [0, 0.1) is 5.82 Å². The summed E-state index contributed by atoms with van der Waals surface area (Å²) in [7, 11) is 3.55. The van der Waals surface area contributed by atoms with E-state index in [9.17, 15) is 4.39 Å². The van der Waals surface area contributed by atoms with Crippen LogP contribution >= 0.6 is 0 Å². The van der Waals surface area contributed by atoms with Crippen LogP contribution in [0.1, 0.15) is 31.9 Å². The van der Waals surface area contributed by atoms with Crippen LogP contribution in [0.5, 0.6) is 0 Å². The molecule has 0 bridgehead atoms. The predicted molar refractivity (Wildman–Crippen MR) is 74.7 cm³/mol. The topological polar surface area (TPSA) is 30.5 Å². The van der Waals surface area contributed by atoms with Crippen LogP contribution in [0.3, 0.4) is 0 Å². The van der Waals surface area contributed by atoms with E-state index in [2.05, 4.69) is 5.32 Å². The van der Waals surface area contributed by atoms with Crippen LogP contribution in [-0.4, -0.2) is 32.9 Å². The maximum Gasteiger partial charge on any atom is 0.123 e. The third-order valence-electron chi connectivity index (χ3n) is 3.19. The molecule has 1 unspecified atom stereocenters. The summed E-state index contributed by atoms with van der Waals surface area (Å²) in [6, 6.07) is 6.54. The summed E-state index contributed by atoms with van der Waals surface area (Å²) in [4.78, 5) is 0. The molecule has 0 aliphatic heterocycles. The number of ether oxygens (including phenoxy) is 2. The van der Waals surface area contributed by atoms with Crippen molar-refractivity contribution >= 4 is 0 Å². The smallest absolute Gasteiger partial charge is 0.123 e. The van der Waals surface area contributed by atoms with Gasteiger partial charge in [-0.2, -0.15) is 0 Å². The van der Waals surface area contributed by atoms with Crippen molar-refractivity contribution in [2.24, 2.45) is 0 Å². The van der Waals surface area contributed by atoms with Crippen molar-refractivity contribution in [1.29, 1.82) is 0 Å². The molecule has 1 N–H and O–H groups in total. The number of hydrogen-bond acceptors (Lipinski definition) is 3. The fourth-order valence-corrected chi connectivity index (χ4v) is 1.71. The van der Waals surface area contributed by atoms with E-state index in [0.717, 1.165) is 12.0 Å². The number of halogens is 1. The molecule has 0 spiro atoms. The quantitative estimate of drug-likeness (QED) is 0.787. The fraction of sp³-hybridized carbons (Fsp3) is 0.600. The zero-order valence-electron chi connectivity index (χ0n) is 12.2. The van der Waals surface area contributed by atoms with Crippen LogP contribution in [0.25, 0.3) is 0 Å². The van der Waals surface area contributed by atoms with Gasteiger partial charge >= 0.3 is 0 Å². The standard InChI is InChI=1S/C15H24FNO2/c1-15(2,18-4)8-9-19-14(11-17-3)12-6-5-7-13(16)10-12/h5-7,10,14,17H,8-9,11H2,1-4H3. The summed E-state index contributed by atoms with van der Waals surface area (Å²) in [6.45, 7) is 5.26. The van der Waals surface area contributed by atoms with Crippen molar-refractivity contribution in [1.82, 2.24) is 5.32 Å². The summed E-state index contributed by atoms with van der Waals surface area (Å²) < 4.78 is 24.4. The molecule has 0 aliphatic carbocycles. The lowest BCUT2D eigenvalue weighted by Gasteiger charge is -2.25. The van der Waals surface area contributed by atoms with Crippen LogP contribution in [0.15, 0.2) is 24.3 Å². The van der Waals surface area contributed by atoms with E-state index in [1.165, 1.54) is 12.1 Å². The molecule has 3 nitrogen and oxygen atoms in total. The number of likely N-dealkylation sites (N-methyl/N-ethyl adjacent to an activating group) is 1. The Hall–Kier alpha value is -0.970. The van der Waals surface area contributed by atoms with Crippen LogP contribution in [0.4, 0.5) is 4.39 Å². The Morgan fingerprint density at radius 2 is 2.11 bits per heavy atom. The number of rotatable bonds is 8. The molecule has 0 heterocycles. The van der Waals surface area contributed by atoms with E-state index in [1.807, 2.05) is 27.0 Å².